The van der Waals surface area contributed by atoms with Gasteiger partial charge in [-0.1, -0.05) is 29.5 Å². The molecule has 0 saturated carbocycles. The van der Waals surface area contributed by atoms with Gasteiger partial charge in [0.1, 0.15) is 0 Å². The van der Waals surface area contributed by atoms with E-state index >= 15 is 0 Å². The van der Waals surface area contributed by atoms with Crippen LogP contribution in [0.4, 0.5) is 5.69 Å². The Hall–Kier alpha value is -2.05. The predicted octanol–water partition coefficient (Wildman–Crippen LogP) is 4.20. The maximum atomic E-state index is 12.4. The lowest BCUT2D eigenvalue weighted by molar-refractivity contribution is -0.115. The molecule has 1 N–H and O–H groups in total. The van der Waals surface area contributed by atoms with Gasteiger partial charge in [0.2, 0.25) is 5.91 Å². The molecule has 124 valence electrons. The quantitative estimate of drug-likeness (QED) is 0.695. The molecule has 3 rings (SSSR count). The predicted molar refractivity (Wildman–Crippen MR) is 102 cm³/mol. The molecular weight excluding hydrogens is 340 g/mol. The van der Waals surface area contributed by atoms with Crippen LogP contribution in [0.5, 0.6) is 0 Å². The lowest BCUT2D eigenvalue weighted by Gasteiger charge is -2.12. The number of benzene rings is 2. The molecule has 0 aliphatic heterocycles. The highest BCUT2D eigenvalue weighted by molar-refractivity contribution is 8.00. The number of carbonyl (C=O) groups excluding carboxylic acids is 1. The second-order valence-corrected chi connectivity index (χ2v) is 7.76. The first-order valence-electron chi connectivity index (χ1n) is 7.74. The lowest BCUT2D eigenvalue weighted by Crippen LogP contribution is -2.22. The van der Waals surface area contributed by atoms with Crippen LogP contribution in [0.3, 0.4) is 0 Å². The average molecular weight is 358 g/mol. The highest BCUT2D eigenvalue weighted by Crippen LogP contribution is 2.25. The Kier molecular flexibility index (Phi) is 5.06. The smallest absolute Gasteiger partial charge is 0.308 e. The van der Waals surface area contributed by atoms with Crippen LogP contribution in [0, 0.1) is 0 Å². The number of aryl methyl sites for hydroxylation is 1. The van der Waals surface area contributed by atoms with Gasteiger partial charge in [-0.15, -0.1) is 11.8 Å². The van der Waals surface area contributed by atoms with Crippen molar-refractivity contribution >= 4 is 44.9 Å². The van der Waals surface area contributed by atoms with Crippen molar-refractivity contribution in [3.05, 3.63) is 58.2 Å². The van der Waals surface area contributed by atoms with Gasteiger partial charge in [0.25, 0.3) is 0 Å². The Bertz CT molecular complexity index is 916. The summed E-state index contributed by atoms with van der Waals surface area (Å²) in [6, 6.07) is 15.5. The molecule has 2 aromatic carbocycles. The molecule has 0 aliphatic carbocycles. The fraction of sp³-hybridized carbons (Fsp3) is 0.222. The molecule has 4 nitrogen and oxygen atoms in total. The summed E-state index contributed by atoms with van der Waals surface area (Å²) in [4.78, 5) is 25.4. The maximum absolute atomic E-state index is 12.4. The highest BCUT2D eigenvalue weighted by Gasteiger charge is 2.15. The first-order valence-corrected chi connectivity index (χ1v) is 9.44. The first-order chi connectivity index (χ1) is 11.6. The van der Waals surface area contributed by atoms with Crippen LogP contribution in [0.1, 0.15) is 13.8 Å². The van der Waals surface area contributed by atoms with E-state index in [1.807, 2.05) is 62.4 Å². The largest absolute Gasteiger partial charge is 0.325 e. The molecule has 1 heterocycles. The van der Waals surface area contributed by atoms with Gasteiger partial charge in [0, 0.05) is 17.1 Å². The van der Waals surface area contributed by atoms with E-state index in [1.54, 1.807) is 4.57 Å². The topological polar surface area (TPSA) is 51.1 Å². The second-order valence-electron chi connectivity index (χ2n) is 5.36. The normalized spacial score (nSPS) is 12.2. The van der Waals surface area contributed by atoms with Crippen molar-refractivity contribution < 1.29 is 4.79 Å². The van der Waals surface area contributed by atoms with Crippen molar-refractivity contribution in [3.63, 3.8) is 0 Å². The number of thioether (sulfide) groups is 1. The Morgan fingerprint density at radius 3 is 2.71 bits per heavy atom. The molecule has 0 unspecified atom stereocenters. The van der Waals surface area contributed by atoms with Crippen molar-refractivity contribution in [2.24, 2.45) is 0 Å². The van der Waals surface area contributed by atoms with E-state index in [9.17, 15) is 9.59 Å². The number of nitrogens with one attached hydrogen (secondary N) is 1. The van der Waals surface area contributed by atoms with Crippen molar-refractivity contribution in [1.29, 1.82) is 0 Å². The molecule has 24 heavy (non-hydrogen) atoms. The Morgan fingerprint density at radius 2 is 2.00 bits per heavy atom. The van der Waals surface area contributed by atoms with Gasteiger partial charge in [-0.05, 0) is 44.2 Å². The number of carbonyl (C=O) groups is 1. The van der Waals surface area contributed by atoms with E-state index in [0.717, 1.165) is 20.8 Å². The summed E-state index contributed by atoms with van der Waals surface area (Å²) < 4.78 is 2.63. The molecule has 0 fully saturated rings. The Labute approximate surface area is 148 Å². The monoisotopic (exact) mass is 358 g/mol. The molecule has 1 aromatic heterocycles. The van der Waals surface area contributed by atoms with Gasteiger partial charge in [-0.25, -0.2) is 0 Å². The Morgan fingerprint density at radius 1 is 1.25 bits per heavy atom. The molecule has 1 atom stereocenters. The fourth-order valence-corrected chi connectivity index (χ4v) is 4.33. The number of aromatic nitrogens is 1. The third kappa shape index (κ3) is 3.55. The van der Waals surface area contributed by atoms with Gasteiger partial charge >= 0.3 is 4.87 Å². The van der Waals surface area contributed by atoms with Gasteiger partial charge in [0.05, 0.1) is 15.5 Å². The van der Waals surface area contributed by atoms with E-state index < -0.39 is 0 Å². The number of hydrogen-bond donors (Lipinski definition) is 1. The maximum Gasteiger partial charge on any atom is 0.308 e. The summed E-state index contributed by atoms with van der Waals surface area (Å²) in [5, 5.41) is 2.73. The summed E-state index contributed by atoms with van der Waals surface area (Å²) >= 11 is 2.73. The van der Waals surface area contributed by atoms with E-state index in [2.05, 4.69) is 5.32 Å². The van der Waals surface area contributed by atoms with E-state index in [4.69, 9.17) is 0 Å². The highest BCUT2D eigenvalue weighted by atomic mass is 32.2. The first kappa shape index (κ1) is 16.8. The summed E-state index contributed by atoms with van der Waals surface area (Å²) in [6.45, 7) is 4.48. The third-order valence-corrected chi connectivity index (χ3v) is 5.73. The molecule has 3 aromatic rings. The summed E-state index contributed by atoms with van der Waals surface area (Å²) in [5.41, 5.74) is 1.63. The molecule has 0 aliphatic rings. The van der Waals surface area contributed by atoms with E-state index in [0.29, 0.717) is 6.54 Å². The third-order valence-electron chi connectivity index (χ3n) is 3.68. The molecule has 0 bridgehead atoms. The van der Waals surface area contributed by atoms with Crippen LogP contribution in [-0.2, 0) is 11.3 Å². The van der Waals surface area contributed by atoms with Crippen LogP contribution in [0.15, 0.2) is 58.2 Å². The summed E-state index contributed by atoms with van der Waals surface area (Å²) in [5.74, 6) is -0.0505. The Balaban J connectivity index is 1.74. The minimum Gasteiger partial charge on any atom is -0.325 e. The SMILES string of the molecule is CCn1c(=O)sc2cc(NC(=O)[C@H](C)Sc3ccccc3)ccc21. The van der Waals surface area contributed by atoms with Crippen molar-refractivity contribution in [1.82, 2.24) is 4.57 Å². The van der Waals surface area contributed by atoms with Crippen molar-refractivity contribution in [3.8, 4) is 0 Å². The average Bonchev–Trinajstić information content (AvgIpc) is 2.89. The zero-order valence-electron chi connectivity index (χ0n) is 13.5. The van der Waals surface area contributed by atoms with Gasteiger partial charge in [-0.2, -0.15) is 0 Å². The molecule has 0 radical (unpaired) electrons. The molecule has 1 amide bonds. The van der Waals surface area contributed by atoms with Gasteiger partial charge < -0.3 is 5.32 Å². The number of fused-ring (bicyclic) bond motifs is 1. The number of amides is 1. The second kappa shape index (κ2) is 7.23. The van der Waals surface area contributed by atoms with Crippen LogP contribution < -0.4 is 10.2 Å². The summed E-state index contributed by atoms with van der Waals surface area (Å²) in [6.07, 6.45) is 0. The lowest BCUT2D eigenvalue weighted by atomic mass is 10.3. The standard InChI is InChI=1S/C18H18N2O2S2/c1-3-20-15-10-9-13(11-16(15)24-18(20)22)19-17(21)12(2)23-14-7-5-4-6-8-14/h4-12H,3H2,1-2H3,(H,19,21)/t12-/m0/s1. The number of rotatable bonds is 5. The van der Waals surface area contributed by atoms with E-state index in [-0.39, 0.29) is 16.0 Å². The number of nitrogens with zero attached hydrogens (tertiary/aromatic N) is 1. The van der Waals surface area contributed by atoms with Gasteiger partial charge in [-0.3, -0.25) is 14.2 Å². The van der Waals surface area contributed by atoms with Crippen molar-refractivity contribution in [2.75, 3.05) is 5.32 Å². The van der Waals surface area contributed by atoms with Crippen LogP contribution in [-0.4, -0.2) is 15.7 Å². The number of hydrogen-bond acceptors (Lipinski definition) is 4. The van der Waals surface area contributed by atoms with Crippen LogP contribution >= 0.6 is 23.1 Å². The molecular formula is C18H18N2O2S2. The molecule has 6 heteroatoms. The van der Waals surface area contributed by atoms with Crippen molar-refractivity contribution in [2.45, 2.75) is 30.5 Å². The van der Waals surface area contributed by atoms with E-state index in [1.165, 1.54) is 23.1 Å². The fourth-order valence-electron chi connectivity index (χ4n) is 2.44. The van der Waals surface area contributed by atoms with Crippen LogP contribution in [0.2, 0.25) is 0 Å². The number of anilines is 1. The van der Waals surface area contributed by atoms with Gasteiger partial charge in [0.15, 0.2) is 0 Å². The summed E-state index contributed by atoms with van der Waals surface area (Å²) in [7, 11) is 0. The van der Waals surface area contributed by atoms with Crippen LogP contribution in [0.25, 0.3) is 10.2 Å². The number of thiazole rings is 1. The minimum atomic E-state index is -0.206. The zero-order valence-corrected chi connectivity index (χ0v) is 15.1. The minimum absolute atomic E-state index is 0.0315. The zero-order chi connectivity index (χ0) is 17.1. The molecule has 0 saturated heterocycles. The molecule has 0 spiro atoms.